The number of carbonyl (C=O) groups is 3. The van der Waals surface area contributed by atoms with Crippen LogP contribution in [0.4, 0.5) is 10.5 Å². The summed E-state index contributed by atoms with van der Waals surface area (Å²) < 4.78 is 5.64. The number of nitrogens with zero attached hydrogens (tertiary/aromatic N) is 2. The van der Waals surface area contributed by atoms with Crippen LogP contribution in [0.3, 0.4) is 0 Å². The van der Waals surface area contributed by atoms with Crippen LogP contribution >= 0.6 is 0 Å². The molecule has 0 aromatic heterocycles. The molecule has 0 saturated carbocycles. The predicted octanol–water partition coefficient (Wildman–Crippen LogP) is 2.46. The molecule has 0 atom stereocenters. The van der Waals surface area contributed by atoms with E-state index >= 15 is 0 Å². The molecule has 1 N–H and O–H groups in total. The number of imide groups is 1. The Labute approximate surface area is 151 Å². The van der Waals surface area contributed by atoms with Gasteiger partial charge in [-0.05, 0) is 24.3 Å². The van der Waals surface area contributed by atoms with Gasteiger partial charge in [-0.25, -0.2) is 4.79 Å². The molecular weight excluding hydrogens is 334 g/mol. The summed E-state index contributed by atoms with van der Waals surface area (Å²) >= 11 is 0. The number of carbonyl (C=O) groups excluding carboxylic acids is 3. The molecule has 0 aliphatic carbocycles. The highest BCUT2D eigenvalue weighted by molar-refractivity contribution is 6.21. The SMILES string of the molecule is CN(C)C(=O)Nc1cccc(OCCN2C(=O)c3ccccc3C2=O)c1. The minimum Gasteiger partial charge on any atom is -0.492 e. The fraction of sp³-hybridized carbons (Fsp3) is 0.211. The lowest BCUT2D eigenvalue weighted by atomic mass is 10.1. The first kappa shape index (κ1) is 17.5. The van der Waals surface area contributed by atoms with Crippen molar-refractivity contribution in [3.8, 4) is 5.75 Å². The van der Waals surface area contributed by atoms with E-state index in [0.29, 0.717) is 22.6 Å². The average molecular weight is 353 g/mol. The zero-order valence-electron chi connectivity index (χ0n) is 14.6. The predicted molar refractivity (Wildman–Crippen MR) is 96.5 cm³/mol. The summed E-state index contributed by atoms with van der Waals surface area (Å²) in [4.78, 5) is 38.9. The Bertz CT molecular complexity index is 828. The number of rotatable bonds is 5. The smallest absolute Gasteiger partial charge is 0.321 e. The Balaban J connectivity index is 1.58. The van der Waals surface area contributed by atoms with E-state index in [2.05, 4.69) is 5.32 Å². The largest absolute Gasteiger partial charge is 0.492 e. The molecular formula is C19H19N3O4. The van der Waals surface area contributed by atoms with Gasteiger partial charge < -0.3 is 15.0 Å². The highest BCUT2D eigenvalue weighted by atomic mass is 16.5. The third-order valence-corrected chi connectivity index (χ3v) is 3.95. The molecule has 2 aromatic carbocycles. The van der Waals surface area contributed by atoms with Gasteiger partial charge in [0.15, 0.2) is 0 Å². The molecule has 134 valence electrons. The summed E-state index contributed by atoms with van der Waals surface area (Å²) in [6, 6.07) is 13.4. The topological polar surface area (TPSA) is 79.0 Å². The van der Waals surface area contributed by atoms with Gasteiger partial charge in [-0.15, -0.1) is 0 Å². The van der Waals surface area contributed by atoms with E-state index in [0.717, 1.165) is 0 Å². The van der Waals surface area contributed by atoms with Crippen molar-refractivity contribution in [2.24, 2.45) is 0 Å². The number of benzene rings is 2. The minimum atomic E-state index is -0.304. The molecule has 0 radical (unpaired) electrons. The Morgan fingerprint density at radius 3 is 2.31 bits per heavy atom. The van der Waals surface area contributed by atoms with Gasteiger partial charge in [0.1, 0.15) is 12.4 Å². The molecule has 1 aliphatic heterocycles. The molecule has 0 fully saturated rings. The van der Waals surface area contributed by atoms with E-state index in [4.69, 9.17) is 4.74 Å². The summed E-state index contributed by atoms with van der Waals surface area (Å²) in [5.74, 6) is -0.0689. The van der Waals surface area contributed by atoms with Crippen LogP contribution in [-0.2, 0) is 0 Å². The lowest BCUT2D eigenvalue weighted by Crippen LogP contribution is -2.33. The van der Waals surface area contributed by atoms with Gasteiger partial charge in [-0.3, -0.25) is 14.5 Å². The average Bonchev–Trinajstić information content (AvgIpc) is 2.87. The monoisotopic (exact) mass is 353 g/mol. The maximum absolute atomic E-state index is 12.3. The summed E-state index contributed by atoms with van der Waals surface area (Å²) in [6.07, 6.45) is 0. The summed E-state index contributed by atoms with van der Waals surface area (Å²) in [6.45, 7) is 0.317. The number of fused-ring (bicyclic) bond motifs is 1. The van der Waals surface area contributed by atoms with Crippen molar-refractivity contribution in [3.63, 3.8) is 0 Å². The van der Waals surface area contributed by atoms with Crippen molar-refractivity contribution in [3.05, 3.63) is 59.7 Å². The van der Waals surface area contributed by atoms with Crippen molar-refractivity contribution in [2.75, 3.05) is 32.6 Å². The molecule has 0 saturated heterocycles. The number of urea groups is 1. The van der Waals surface area contributed by atoms with Crippen LogP contribution in [0.2, 0.25) is 0 Å². The van der Waals surface area contributed by atoms with Crippen LogP contribution in [-0.4, -0.2) is 54.9 Å². The number of hydrogen-bond donors (Lipinski definition) is 1. The van der Waals surface area contributed by atoms with Gasteiger partial charge in [0.25, 0.3) is 11.8 Å². The van der Waals surface area contributed by atoms with Crippen LogP contribution < -0.4 is 10.1 Å². The third kappa shape index (κ3) is 3.51. The molecule has 0 unspecified atom stereocenters. The first-order valence-electron chi connectivity index (χ1n) is 8.14. The van der Waals surface area contributed by atoms with Crippen molar-refractivity contribution >= 4 is 23.5 Å². The lowest BCUT2D eigenvalue weighted by molar-refractivity contribution is 0.0631. The number of amides is 4. The van der Waals surface area contributed by atoms with Crippen molar-refractivity contribution < 1.29 is 19.1 Å². The maximum atomic E-state index is 12.3. The molecule has 26 heavy (non-hydrogen) atoms. The normalized spacial score (nSPS) is 12.8. The summed E-state index contributed by atoms with van der Waals surface area (Å²) in [5, 5.41) is 2.73. The quantitative estimate of drug-likeness (QED) is 0.838. The van der Waals surface area contributed by atoms with Gasteiger partial charge in [-0.2, -0.15) is 0 Å². The standard InChI is InChI=1S/C19H19N3O4/c1-21(2)19(25)20-13-6-5-7-14(12-13)26-11-10-22-17(23)15-8-3-4-9-16(15)18(22)24/h3-9,12H,10-11H2,1-2H3,(H,20,25). The van der Waals surface area contributed by atoms with Gasteiger partial charge in [0.05, 0.1) is 17.7 Å². The Kier molecular flexibility index (Phi) is 4.88. The third-order valence-electron chi connectivity index (χ3n) is 3.95. The fourth-order valence-corrected chi connectivity index (χ4v) is 2.60. The first-order chi connectivity index (χ1) is 12.5. The van der Waals surface area contributed by atoms with Crippen LogP contribution in [0.15, 0.2) is 48.5 Å². The zero-order valence-corrected chi connectivity index (χ0v) is 14.6. The summed E-state index contributed by atoms with van der Waals surface area (Å²) in [5.41, 5.74) is 1.44. The van der Waals surface area contributed by atoms with Crippen molar-refractivity contribution in [1.82, 2.24) is 9.80 Å². The molecule has 7 nitrogen and oxygen atoms in total. The van der Waals surface area contributed by atoms with Gasteiger partial charge in [0.2, 0.25) is 0 Å². The van der Waals surface area contributed by atoms with Gasteiger partial charge in [-0.1, -0.05) is 18.2 Å². The molecule has 1 aliphatic rings. The molecule has 0 spiro atoms. The number of nitrogens with one attached hydrogen (secondary N) is 1. The van der Waals surface area contributed by atoms with E-state index in [9.17, 15) is 14.4 Å². The second-order valence-electron chi connectivity index (χ2n) is 6.01. The van der Waals surface area contributed by atoms with E-state index in [1.165, 1.54) is 9.80 Å². The molecule has 3 rings (SSSR count). The van der Waals surface area contributed by atoms with E-state index in [1.807, 2.05) is 0 Å². The molecule has 1 heterocycles. The van der Waals surface area contributed by atoms with Gasteiger partial charge >= 0.3 is 6.03 Å². The molecule has 0 bridgehead atoms. The van der Waals surface area contributed by atoms with Crippen molar-refractivity contribution in [2.45, 2.75) is 0 Å². The molecule has 7 heteroatoms. The highest BCUT2D eigenvalue weighted by Crippen LogP contribution is 2.22. The van der Waals surface area contributed by atoms with E-state index in [1.54, 1.807) is 62.6 Å². The maximum Gasteiger partial charge on any atom is 0.321 e. The highest BCUT2D eigenvalue weighted by Gasteiger charge is 2.34. The van der Waals surface area contributed by atoms with Crippen LogP contribution in [0.25, 0.3) is 0 Å². The molecule has 2 aromatic rings. The zero-order chi connectivity index (χ0) is 18.7. The minimum absolute atomic E-state index is 0.153. The molecule has 4 amide bonds. The number of hydrogen-bond acceptors (Lipinski definition) is 4. The number of ether oxygens (including phenoxy) is 1. The Morgan fingerprint density at radius 2 is 1.69 bits per heavy atom. The first-order valence-corrected chi connectivity index (χ1v) is 8.14. The van der Waals surface area contributed by atoms with Crippen molar-refractivity contribution in [1.29, 1.82) is 0 Å². The van der Waals surface area contributed by atoms with Crippen LogP contribution in [0.5, 0.6) is 5.75 Å². The van der Waals surface area contributed by atoms with Gasteiger partial charge in [0, 0.05) is 25.8 Å². The fourth-order valence-electron chi connectivity index (χ4n) is 2.60. The summed E-state index contributed by atoms with van der Waals surface area (Å²) in [7, 11) is 3.30. The van der Waals surface area contributed by atoms with E-state index < -0.39 is 0 Å². The number of anilines is 1. The Hall–Kier alpha value is -3.35. The second-order valence-corrected chi connectivity index (χ2v) is 6.01. The second kappa shape index (κ2) is 7.26. The van der Waals surface area contributed by atoms with E-state index in [-0.39, 0.29) is 31.0 Å². The Morgan fingerprint density at radius 1 is 1.04 bits per heavy atom. The van der Waals surface area contributed by atoms with Crippen LogP contribution in [0.1, 0.15) is 20.7 Å². The van der Waals surface area contributed by atoms with Crippen LogP contribution in [0, 0.1) is 0 Å². The lowest BCUT2D eigenvalue weighted by Gasteiger charge is -2.15.